The van der Waals surface area contributed by atoms with Crippen molar-refractivity contribution < 1.29 is 4.79 Å². The van der Waals surface area contributed by atoms with Gasteiger partial charge in [-0.1, -0.05) is 0 Å². The minimum Gasteiger partial charge on any atom is -0.387 e. The second-order valence-electron chi connectivity index (χ2n) is 5.83. The van der Waals surface area contributed by atoms with Gasteiger partial charge in [0.05, 0.1) is 10.4 Å². The second kappa shape index (κ2) is 4.96. The van der Waals surface area contributed by atoms with Crippen molar-refractivity contribution in [3.63, 3.8) is 0 Å². The Labute approximate surface area is 127 Å². The summed E-state index contributed by atoms with van der Waals surface area (Å²) in [7, 11) is 1.89. The third-order valence-electron chi connectivity index (χ3n) is 4.58. The first-order chi connectivity index (χ1) is 10.2. The van der Waals surface area contributed by atoms with E-state index in [4.69, 9.17) is 0 Å². The predicted molar refractivity (Wildman–Crippen MR) is 85.0 cm³/mol. The van der Waals surface area contributed by atoms with E-state index < -0.39 is 0 Å². The lowest BCUT2D eigenvalue weighted by molar-refractivity contribution is 0.0926. The fourth-order valence-corrected chi connectivity index (χ4v) is 4.38. The highest BCUT2D eigenvalue weighted by molar-refractivity contribution is 7.17. The fourth-order valence-electron chi connectivity index (χ4n) is 3.48. The Morgan fingerprint density at radius 3 is 3.10 bits per heavy atom. The zero-order valence-electron chi connectivity index (χ0n) is 11.8. The Morgan fingerprint density at radius 1 is 1.48 bits per heavy atom. The average molecular weight is 302 g/mol. The minimum absolute atomic E-state index is 0.0653. The molecule has 1 amide bonds. The molecule has 0 aliphatic carbocycles. The maximum absolute atomic E-state index is 12.4. The number of nitrogens with one attached hydrogen (secondary N) is 3. The smallest absolute Gasteiger partial charge is 0.270 e. The summed E-state index contributed by atoms with van der Waals surface area (Å²) in [6.07, 6.45) is 5.23. The van der Waals surface area contributed by atoms with Gasteiger partial charge in [-0.15, -0.1) is 11.3 Å². The van der Waals surface area contributed by atoms with Crippen LogP contribution < -0.4 is 16.0 Å². The largest absolute Gasteiger partial charge is 0.387 e. The van der Waals surface area contributed by atoms with Gasteiger partial charge in [-0.2, -0.15) is 0 Å². The van der Waals surface area contributed by atoms with Crippen LogP contribution in [0.3, 0.4) is 0 Å². The number of rotatable bonds is 3. The first kappa shape index (κ1) is 13.0. The van der Waals surface area contributed by atoms with Crippen molar-refractivity contribution in [2.75, 3.05) is 12.4 Å². The number of aromatic nitrogens is 1. The van der Waals surface area contributed by atoms with Crippen molar-refractivity contribution in [2.45, 2.75) is 37.4 Å². The number of hydrogen-bond donors (Lipinski definition) is 3. The van der Waals surface area contributed by atoms with Crippen molar-refractivity contribution >= 4 is 33.0 Å². The molecule has 2 bridgehead atoms. The van der Waals surface area contributed by atoms with Gasteiger partial charge < -0.3 is 16.0 Å². The molecule has 21 heavy (non-hydrogen) atoms. The highest BCUT2D eigenvalue weighted by Crippen LogP contribution is 2.30. The molecule has 2 aliphatic heterocycles. The third kappa shape index (κ3) is 2.18. The molecule has 2 aromatic heterocycles. The Kier molecular flexibility index (Phi) is 3.08. The predicted octanol–water partition coefficient (Wildman–Crippen LogP) is 1.96. The van der Waals surface area contributed by atoms with Crippen molar-refractivity contribution in [1.29, 1.82) is 0 Å². The fraction of sp³-hybridized carbons (Fsp3) is 0.467. The molecule has 0 spiro atoms. The van der Waals surface area contributed by atoms with Gasteiger partial charge in [0.2, 0.25) is 0 Å². The highest BCUT2D eigenvalue weighted by atomic mass is 32.1. The molecule has 0 unspecified atom stereocenters. The summed E-state index contributed by atoms with van der Waals surface area (Å²) in [4.78, 5) is 16.7. The molecule has 2 aliphatic rings. The number of hydrogen-bond acceptors (Lipinski definition) is 5. The van der Waals surface area contributed by atoms with Crippen LogP contribution in [-0.2, 0) is 0 Å². The molecular formula is C15H18N4OS. The lowest BCUT2D eigenvalue weighted by atomic mass is 9.95. The van der Waals surface area contributed by atoms with Gasteiger partial charge in [0, 0.05) is 42.1 Å². The van der Waals surface area contributed by atoms with Gasteiger partial charge in [-0.3, -0.25) is 4.79 Å². The number of nitrogens with zero attached hydrogens (tertiary/aromatic N) is 1. The number of amides is 1. The van der Waals surface area contributed by atoms with Gasteiger partial charge in [0.15, 0.2) is 0 Å². The molecule has 0 saturated carbocycles. The lowest BCUT2D eigenvalue weighted by Gasteiger charge is -2.21. The van der Waals surface area contributed by atoms with Crippen LogP contribution in [0.15, 0.2) is 17.6 Å². The molecule has 5 nitrogen and oxygen atoms in total. The quantitative estimate of drug-likeness (QED) is 0.811. The molecule has 110 valence electrons. The third-order valence-corrected chi connectivity index (χ3v) is 5.51. The monoisotopic (exact) mass is 302 g/mol. The average Bonchev–Trinajstić information content (AvgIpc) is 3.21. The van der Waals surface area contributed by atoms with Crippen LogP contribution in [0.1, 0.15) is 29.8 Å². The molecule has 3 atom stereocenters. The molecule has 2 fully saturated rings. The normalized spacial score (nSPS) is 27.2. The Bertz CT molecular complexity index is 698. The van der Waals surface area contributed by atoms with E-state index in [1.54, 1.807) is 17.5 Å². The number of thiophene rings is 1. The Hall–Kier alpha value is -1.66. The summed E-state index contributed by atoms with van der Waals surface area (Å²) in [6.45, 7) is 0. The van der Waals surface area contributed by atoms with Crippen LogP contribution in [0, 0.1) is 0 Å². The second-order valence-corrected chi connectivity index (χ2v) is 6.74. The first-order valence-electron chi connectivity index (χ1n) is 7.36. The number of anilines is 1. The van der Waals surface area contributed by atoms with Crippen LogP contribution in [-0.4, -0.2) is 36.1 Å². The zero-order chi connectivity index (χ0) is 14.4. The van der Waals surface area contributed by atoms with Gasteiger partial charge in [-0.05, 0) is 25.3 Å². The van der Waals surface area contributed by atoms with Crippen LogP contribution >= 0.6 is 11.3 Å². The molecule has 0 radical (unpaired) electrons. The number of carbonyl (C=O) groups excluding carboxylic acids is 1. The van der Waals surface area contributed by atoms with Crippen molar-refractivity contribution in [3.05, 3.63) is 23.3 Å². The topological polar surface area (TPSA) is 66.0 Å². The van der Waals surface area contributed by atoms with Crippen molar-refractivity contribution in [1.82, 2.24) is 15.6 Å². The van der Waals surface area contributed by atoms with Crippen LogP contribution in [0.4, 0.5) is 5.69 Å². The Balaban J connectivity index is 1.56. The summed E-state index contributed by atoms with van der Waals surface area (Å²) >= 11 is 1.63. The van der Waals surface area contributed by atoms with E-state index in [9.17, 15) is 4.79 Å². The summed E-state index contributed by atoms with van der Waals surface area (Å²) < 4.78 is 1.09. The van der Waals surface area contributed by atoms with Crippen LogP contribution in [0.25, 0.3) is 10.1 Å². The highest BCUT2D eigenvalue weighted by Gasteiger charge is 2.39. The van der Waals surface area contributed by atoms with Gasteiger partial charge >= 0.3 is 0 Å². The Morgan fingerprint density at radius 2 is 2.38 bits per heavy atom. The maximum Gasteiger partial charge on any atom is 0.270 e. The summed E-state index contributed by atoms with van der Waals surface area (Å²) in [6, 6.07) is 3.16. The van der Waals surface area contributed by atoms with Crippen LogP contribution in [0.5, 0.6) is 0 Å². The van der Waals surface area contributed by atoms with E-state index in [1.807, 2.05) is 18.5 Å². The van der Waals surface area contributed by atoms with Gasteiger partial charge in [0.25, 0.3) is 5.91 Å². The lowest BCUT2D eigenvalue weighted by Crippen LogP contribution is -2.43. The maximum atomic E-state index is 12.4. The van der Waals surface area contributed by atoms with E-state index >= 15 is 0 Å². The van der Waals surface area contributed by atoms with Gasteiger partial charge in [0.1, 0.15) is 5.69 Å². The molecule has 0 aromatic carbocycles. The van der Waals surface area contributed by atoms with E-state index in [-0.39, 0.29) is 11.9 Å². The summed E-state index contributed by atoms with van der Waals surface area (Å²) in [5, 5.41) is 12.9. The summed E-state index contributed by atoms with van der Waals surface area (Å²) in [5.41, 5.74) is 1.55. The van der Waals surface area contributed by atoms with Crippen molar-refractivity contribution in [3.8, 4) is 0 Å². The molecular weight excluding hydrogens is 284 g/mol. The minimum atomic E-state index is -0.0653. The SMILES string of the molecule is CNc1csc2cnc(C(=O)N[C@@H]3C[C@H]4CC[C@@H]3N4)cc12. The molecule has 4 heterocycles. The first-order valence-corrected chi connectivity index (χ1v) is 8.24. The molecule has 4 rings (SSSR count). The van der Waals surface area contributed by atoms with E-state index in [0.717, 1.165) is 28.6 Å². The van der Waals surface area contributed by atoms with Gasteiger partial charge in [-0.25, -0.2) is 4.98 Å². The van der Waals surface area contributed by atoms with E-state index in [2.05, 4.69) is 20.9 Å². The molecule has 6 heteroatoms. The van der Waals surface area contributed by atoms with E-state index in [0.29, 0.717) is 17.8 Å². The standard InChI is InChI=1S/C15H18N4OS/c1-16-13-7-21-14-6-17-12(5-9(13)14)15(20)19-11-4-8-2-3-10(11)18-8/h5-8,10-11,16,18H,2-4H2,1H3,(H,19,20)/t8-,10+,11-/m1/s1. The number of pyridine rings is 1. The number of fused-ring (bicyclic) bond motifs is 3. The molecule has 2 aromatic rings. The van der Waals surface area contributed by atoms with Crippen LogP contribution in [0.2, 0.25) is 0 Å². The summed E-state index contributed by atoms with van der Waals surface area (Å²) in [5.74, 6) is -0.0653. The molecule has 3 N–H and O–H groups in total. The number of carbonyl (C=O) groups is 1. The van der Waals surface area contributed by atoms with E-state index in [1.165, 1.54) is 6.42 Å². The zero-order valence-corrected chi connectivity index (χ0v) is 12.7. The molecule has 2 saturated heterocycles. The van der Waals surface area contributed by atoms with Crippen molar-refractivity contribution in [2.24, 2.45) is 0 Å².